The number of carbonyl (C=O) groups is 1. The highest BCUT2D eigenvalue weighted by Crippen LogP contribution is 2.28. The largest absolute Gasteiger partial charge is 0.478 e. The van der Waals surface area contributed by atoms with Gasteiger partial charge in [0.1, 0.15) is 0 Å². The number of carboxylic acids is 1. The van der Waals surface area contributed by atoms with Crippen LogP contribution in [0.2, 0.25) is 0 Å². The van der Waals surface area contributed by atoms with Crippen molar-refractivity contribution in [3.05, 3.63) is 71.3 Å². The maximum atomic E-state index is 11.7. The highest BCUT2D eigenvalue weighted by atomic mass is 16.4. The van der Waals surface area contributed by atoms with Crippen LogP contribution in [0.15, 0.2) is 48.9 Å². The van der Waals surface area contributed by atoms with Crippen LogP contribution in [0.3, 0.4) is 0 Å². The Labute approximate surface area is 156 Å². The van der Waals surface area contributed by atoms with Crippen molar-refractivity contribution in [2.75, 3.05) is 0 Å². The monoisotopic (exact) mass is 358 g/mol. The zero-order chi connectivity index (χ0) is 19.1. The van der Waals surface area contributed by atoms with E-state index in [-0.39, 0.29) is 5.56 Å². The van der Waals surface area contributed by atoms with Crippen LogP contribution in [0.5, 0.6) is 0 Å². The molecule has 0 saturated carbocycles. The lowest BCUT2D eigenvalue weighted by Gasteiger charge is -2.10. The van der Waals surface area contributed by atoms with E-state index in [4.69, 9.17) is 0 Å². The number of benzene rings is 1. The lowest BCUT2D eigenvalue weighted by Crippen LogP contribution is -2.03. The number of nitrogens with zero attached hydrogens (tertiary/aromatic N) is 4. The number of hydrogen-bond donors (Lipinski definition) is 1. The predicted molar refractivity (Wildman–Crippen MR) is 103 cm³/mol. The van der Waals surface area contributed by atoms with Gasteiger partial charge in [0.15, 0.2) is 0 Å². The molecule has 6 nitrogen and oxygen atoms in total. The Bertz CT molecular complexity index is 1190. The van der Waals surface area contributed by atoms with Crippen LogP contribution < -0.4 is 0 Å². The van der Waals surface area contributed by atoms with Gasteiger partial charge in [-0.2, -0.15) is 5.10 Å². The van der Waals surface area contributed by atoms with Gasteiger partial charge in [-0.25, -0.2) is 14.5 Å². The summed E-state index contributed by atoms with van der Waals surface area (Å²) in [6.07, 6.45) is 4.88. The first-order chi connectivity index (χ1) is 13.0. The summed E-state index contributed by atoms with van der Waals surface area (Å²) in [5.74, 6) is -0.991. The van der Waals surface area contributed by atoms with E-state index in [0.717, 1.165) is 28.1 Å². The molecule has 0 bridgehead atoms. The number of aromatic carboxylic acids is 1. The molecule has 0 fully saturated rings. The maximum absolute atomic E-state index is 11.7. The number of hydrogen-bond acceptors (Lipinski definition) is 4. The number of rotatable bonds is 3. The van der Waals surface area contributed by atoms with Crippen LogP contribution in [0, 0.1) is 20.8 Å². The van der Waals surface area contributed by atoms with Gasteiger partial charge in [-0.1, -0.05) is 12.1 Å². The van der Waals surface area contributed by atoms with E-state index in [9.17, 15) is 9.90 Å². The highest BCUT2D eigenvalue weighted by molar-refractivity contribution is 6.03. The molecule has 0 unspecified atom stereocenters. The first-order valence-corrected chi connectivity index (χ1v) is 8.56. The normalized spacial score (nSPS) is 11.1. The number of pyridine rings is 2. The second kappa shape index (κ2) is 6.32. The summed E-state index contributed by atoms with van der Waals surface area (Å²) < 4.78 is 1.87. The van der Waals surface area contributed by atoms with Gasteiger partial charge in [-0.15, -0.1) is 0 Å². The van der Waals surface area contributed by atoms with Crippen molar-refractivity contribution in [2.45, 2.75) is 20.8 Å². The van der Waals surface area contributed by atoms with E-state index in [1.54, 1.807) is 30.7 Å². The van der Waals surface area contributed by atoms with Crippen LogP contribution in [0.1, 0.15) is 27.2 Å². The highest BCUT2D eigenvalue weighted by Gasteiger charge is 2.17. The van der Waals surface area contributed by atoms with E-state index in [2.05, 4.69) is 33.3 Å². The van der Waals surface area contributed by atoms with Crippen molar-refractivity contribution in [3.63, 3.8) is 0 Å². The molecule has 0 aliphatic rings. The predicted octanol–water partition coefficient (Wildman–Crippen LogP) is 4.11. The summed E-state index contributed by atoms with van der Waals surface area (Å²) in [7, 11) is 0. The van der Waals surface area contributed by atoms with E-state index < -0.39 is 5.97 Å². The summed E-state index contributed by atoms with van der Waals surface area (Å²) >= 11 is 0. The van der Waals surface area contributed by atoms with E-state index in [1.165, 1.54) is 0 Å². The van der Waals surface area contributed by atoms with Gasteiger partial charge < -0.3 is 5.11 Å². The third kappa shape index (κ3) is 2.85. The van der Waals surface area contributed by atoms with Gasteiger partial charge in [0.05, 0.1) is 40.5 Å². The van der Waals surface area contributed by atoms with Crippen molar-refractivity contribution in [1.29, 1.82) is 0 Å². The van der Waals surface area contributed by atoms with E-state index >= 15 is 0 Å². The quantitative estimate of drug-likeness (QED) is 0.596. The maximum Gasteiger partial charge on any atom is 0.336 e. The molecular formula is C21H18N4O2. The lowest BCUT2D eigenvalue weighted by atomic mass is 10.1. The van der Waals surface area contributed by atoms with Crippen LogP contribution in [-0.4, -0.2) is 30.8 Å². The average Bonchev–Trinajstić information content (AvgIpc) is 3.04. The third-order valence-corrected chi connectivity index (χ3v) is 4.72. The van der Waals surface area contributed by atoms with Gasteiger partial charge in [0.25, 0.3) is 0 Å². The summed E-state index contributed by atoms with van der Waals surface area (Å²) in [4.78, 5) is 20.4. The minimum absolute atomic E-state index is 0.205. The van der Waals surface area contributed by atoms with Crippen LogP contribution >= 0.6 is 0 Å². The molecule has 0 aliphatic heterocycles. The molecule has 1 N–H and O–H groups in total. The topological polar surface area (TPSA) is 80.9 Å². The summed E-state index contributed by atoms with van der Waals surface area (Å²) in [6, 6.07) is 9.48. The molecular weight excluding hydrogens is 340 g/mol. The smallest absolute Gasteiger partial charge is 0.336 e. The van der Waals surface area contributed by atoms with Gasteiger partial charge in [0.2, 0.25) is 0 Å². The fourth-order valence-corrected chi connectivity index (χ4v) is 3.25. The standard InChI is InChI=1S/C21H18N4O2/c1-12-4-5-13(2)20(8-12)25-14(3)17(10-23-25)18-9-16(21(26)27)15-6-7-22-11-19(15)24-18/h4-11H,1-3H3,(H,26,27). The molecule has 4 aromatic rings. The second-order valence-corrected chi connectivity index (χ2v) is 6.60. The minimum Gasteiger partial charge on any atom is -0.478 e. The molecule has 3 heterocycles. The molecule has 0 saturated heterocycles. The van der Waals surface area contributed by atoms with Gasteiger partial charge >= 0.3 is 5.97 Å². The molecule has 134 valence electrons. The Morgan fingerprint density at radius 1 is 1.07 bits per heavy atom. The molecule has 0 amide bonds. The molecule has 6 heteroatoms. The molecule has 27 heavy (non-hydrogen) atoms. The van der Waals surface area contributed by atoms with E-state index in [1.807, 2.05) is 25.5 Å². The van der Waals surface area contributed by atoms with Gasteiger partial charge in [0, 0.05) is 17.1 Å². The molecule has 4 rings (SSSR count). The van der Waals surface area contributed by atoms with E-state index in [0.29, 0.717) is 16.6 Å². The van der Waals surface area contributed by atoms with Gasteiger partial charge in [-0.3, -0.25) is 4.98 Å². The summed E-state index contributed by atoms with van der Waals surface area (Å²) in [6.45, 7) is 6.04. The minimum atomic E-state index is -0.991. The van der Waals surface area contributed by atoms with Crippen molar-refractivity contribution in [1.82, 2.24) is 19.7 Å². The zero-order valence-corrected chi connectivity index (χ0v) is 15.3. The lowest BCUT2D eigenvalue weighted by molar-refractivity contribution is 0.0699. The van der Waals surface area contributed by atoms with Crippen molar-refractivity contribution >= 4 is 16.9 Å². The third-order valence-electron chi connectivity index (χ3n) is 4.72. The molecule has 0 radical (unpaired) electrons. The van der Waals surface area contributed by atoms with Gasteiger partial charge in [-0.05, 0) is 50.1 Å². The number of aromatic nitrogens is 4. The fourth-order valence-electron chi connectivity index (χ4n) is 3.25. The van der Waals surface area contributed by atoms with Crippen molar-refractivity contribution < 1.29 is 9.90 Å². The van der Waals surface area contributed by atoms with Crippen molar-refractivity contribution in [2.24, 2.45) is 0 Å². The Balaban J connectivity index is 1.92. The number of fused-ring (bicyclic) bond motifs is 1. The van der Waals surface area contributed by atoms with Crippen LogP contribution in [0.25, 0.3) is 27.8 Å². The second-order valence-electron chi connectivity index (χ2n) is 6.60. The SMILES string of the molecule is Cc1ccc(C)c(-n2ncc(-c3cc(C(=O)O)c4ccncc4n3)c2C)c1. The Morgan fingerprint density at radius 2 is 1.89 bits per heavy atom. The average molecular weight is 358 g/mol. The number of carboxylic acid groups (broad SMARTS) is 1. The molecule has 3 aromatic heterocycles. The first kappa shape index (κ1) is 16.9. The van der Waals surface area contributed by atoms with Crippen molar-refractivity contribution in [3.8, 4) is 16.9 Å². The van der Waals surface area contributed by atoms with Crippen LogP contribution in [-0.2, 0) is 0 Å². The number of aryl methyl sites for hydroxylation is 2. The fraction of sp³-hybridized carbons (Fsp3) is 0.143. The molecule has 0 aliphatic carbocycles. The zero-order valence-electron chi connectivity index (χ0n) is 15.3. The molecule has 0 spiro atoms. The Hall–Kier alpha value is -3.54. The Morgan fingerprint density at radius 3 is 2.67 bits per heavy atom. The first-order valence-electron chi connectivity index (χ1n) is 8.56. The summed E-state index contributed by atoms with van der Waals surface area (Å²) in [5.41, 5.74) is 6.28. The summed E-state index contributed by atoms with van der Waals surface area (Å²) in [5, 5.41) is 14.7. The molecule has 0 atom stereocenters. The Kier molecular flexibility index (Phi) is 3.96. The molecule has 1 aromatic carbocycles. The van der Waals surface area contributed by atoms with Crippen LogP contribution in [0.4, 0.5) is 0 Å².